The first-order valence-corrected chi connectivity index (χ1v) is 6.75. The van der Waals surface area contributed by atoms with E-state index in [-0.39, 0.29) is 12.4 Å². The van der Waals surface area contributed by atoms with Crippen LogP contribution in [0.15, 0.2) is 41.3 Å². The van der Waals surface area contributed by atoms with Gasteiger partial charge in [-0.2, -0.15) is 4.98 Å². The van der Waals surface area contributed by atoms with Crippen molar-refractivity contribution >= 4 is 17.1 Å². The fraction of sp³-hybridized carbons (Fsp3) is 0.400. The van der Waals surface area contributed by atoms with E-state index in [4.69, 9.17) is 4.42 Å². The first kappa shape index (κ1) is 14.9. The SMILES string of the molecule is C=CC[N+]1(C)CCN(c2nc3ccccc3o2)CC1.[Cl-]. The summed E-state index contributed by atoms with van der Waals surface area (Å²) in [5.41, 5.74) is 1.80. The monoisotopic (exact) mass is 293 g/mol. The molecule has 0 amide bonds. The van der Waals surface area contributed by atoms with Gasteiger partial charge in [-0.25, -0.2) is 0 Å². The molecule has 0 bridgehead atoms. The van der Waals surface area contributed by atoms with Crippen molar-refractivity contribution in [1.82, 2.24) is 4.98 Å². The summed E-state index contributed by atoms with van der Waals surface area (Å²) >= 11 is 0. The highest BCUT2D eigenvalue weighted by Gasteiger charge is 2.29. The Morgan fingerprint density at radius 2 is 2.05 bits per heavy atom. The zero-order chi connectivity index (χ0) is 13.3. The molecule has 1 saturated heterocycles. The minimum absolute atomic E-state index is 0. The predicted octanol–water partition coefficient (Wildman–Crippen LogP) is -0.716. The van der Waals surface area contributed by atoms with Crippen LogP contribution < -0.4 is 17.3 Å². The summed E-state index contributed by atoms with van der Waals surface area (Å²) in [7, 11) is 2.28. The van der Waals surface area contributed by atoms with E-state index in [1.807, 2.05) is 30.3 Å². The number of hydrogen-bond acceptors (Lipinski definition) is 3. The lowest BCUT2D eigenvalue weighted by molar-refractivity contribution is -0.904. The molecular formula is C15H20ClN3O. The van der Waals surface area contributed by atoms with Crippen molar-refractivity contribution in [2.75, 3.05) is 44.7 Å². The van der Waals surface area contributed by atoms with E-state index in [1.54, 1.807) is 0 Å². The van der Waals surface area contributed by atoms with Crippen LogP contribution >= 0.6 is 0 Å². The number of anilines is 1. The standard InChI is InChI=1S/C15H20N3O.ClH/c1-3-10-18(2)11-8-17(9-12-18)15-16-13-6-4-5-7-14(13)19-15;/h3-7H,1,8-12H2,2H3;1H/q+1;/p-1. The average Bonchev–Trinajstić information content (AvgIpc) is 2.83. The molecule has 0 saturated carbocycles. The fourth-order valence-corrected chi connectivity index (χ4v) is 2.63. The lowest BCUT2D eigenvalue weighted by atomic mass is 10.2. The topological polar surface area (TPSA) is 29.3 Å². The van der Waals surface area contributed by atoms with Crippen molar-refractivity contribution < 1.29 is 21.3 Å². The second kappa shape index (κ2) is 5.85. The van der Waals surface area contributed by atoms with E-state index in [1.165, 1.54) is 0 Å². The number of para-hydroxylation sites is 2. The number of fused-ring (bicyclic) bond motifs is 1. The molecule has 0 aliphatic carbocycles. The number of piperazine rings is 1. The third-order valence-electron chi connectivity index (χ3n) is 3.94. The molecule has 0 atom stereocenters. The Balaban J connectivity index is 0.00000147. The molecule has 0 radical (unpaired) electrons. The van der Waals surface area contributed by atoms with Gasteiger partial charge in [-0.05, 0) is 18.2 Å². The number of rotatable bonds is 3. The minimum atomic E-state index is 0. The second-order valence-corrected chi connectivity index (χ2v) is 5.49. The van der Waals surface area contributed by atoms with Crippen LogP contribution in [0.1, 0.15) is 0 Å². The second-order valence-electron chi connectivity index (χ2n) is 5.49. The number of hydrogen-bond donors (Lipinski definition) is 0. The Morgan fingerprint density at radius 3 is 2.70 bits per heavy atom. The van der Waals surface area contributed by atoms with E-state index < -0.39 is 0 Å². The Hall–Kier alpha value is -1.52. The summed E-state index contributed by atoms with van der Waals surface area (Å²) < 4.78 is 6.88. The van der Waals surface area contributed by atoms with Crippen LogP contribution in [0.25, 0.3) is 11.1 Å². The van der Waals surface area contributed by atoms with Crippen molar-refractivity contribution in [3.05, 3.63) is 36.9 Å². The highest BCUT2D eigenvalue weighted by atomic mass is 35.5. The van der Waals surface area contributed by atoms with E-state index >= 15 is 0 Å². The third kappa shape index (κ3) is 2.81. The van der Waals surface area contributed by atoms with Gasteiger partial charge in [0.2, 0.25) is 0 Å². The van der Waals surface area contributed by atoms with Gasteiger partial charge in [-0.15, -0.1) is 0 Å². The number of benzene rings is 1. The number of quaternary nitrogens is 1. The maximum absolute atomic E-state index is 5.82. The van der Waals surface area contributed by atoms with E-state index in [0.29, 0.717) is 0 Å². The van der Waals surface area contributed by atoms with Gasteiger partial charge in [0.1, 0.15) is 5.52 Å². The zero-order valence-corrected chi connectivity index (χ0v) is 12.5. The molecule has 20 heavy (non-hydrogen) atoms. The molecule has 3 rings (SSSR count). The van der Waals surface area contributed by atoms with Gasteiger partial charge in [-0.1, -0.05) is 18.7 Å². The third-order valence-corrected chi connectivity index (χ3v) is 3.94. The molecule has 0 spiro atoms. The summed E-state index contributed by atoms with van der Waals surface area (Å²) in [6.07, 6.45) is 2.01. The number of nitrogens with zero attached hydrogens (tertiary/aromatic N) is 3. The molecule has 2 heterocycles. The molecule has 1 fully saturated rings. The van der Waals surface area contributed by atoms with Crippen LogP contribution in [0.4, 0.5) is 6.01 Å². The summed E-state index contributed by atoms with van der Waals surface area (Å²) in [4.78, 5) is 6.80. The summed E-state index contributed by atoms with van der Waals surface area (Å²) in [5, 5.41) is 0. The minimum Gasteiger partial charge on any atom is -1.00 e. The Bertz CT molecular complexity index is 555. The quantitative estimate of drug-likeness (QED) is 0.553. The van der Waals surface area contributed by atoms with Crippen LogP contribution in [-0.2, 0) is 0 Å². The predicted molar refractivity (Wildman–Crippen MR) is 77.2 cm³/mol. The number of aromatic nitrogens is 1. The molecular weight excluding hydrogens is 274 g/mol. The number of likely N-dealkylation sites (N-methyl/N-ethyl adjacent to an activating group) is 1. The van der Waals surface area contributed by atoms with Crippen LogP contribution in [0.3, 0.4) is 0 Å². The van der Waals surface area contributed by atoms with Gasteiger partial charge in [0, 0.05) is 0 Å². The Morgan fingerprint density at radius 1 is 1.35 bits per heavy atom. The highest BCUT2D eigenvalue weighted by molar-refractivity contribution is 5.74. The van der Waals surface area contributed by atoms with Crippen LogP contribution in [-0.4, -0.2) is 49.2 Å². The molecule has 5 heteroatoms. The lowest BCUT2D eigenvalue weighted by Crippen LogP contribution is -3.00. The summed E-state index contributed by atoms with van der Waals surface area (Å²) in [6.45, 7) is 9.05. The van der Waals surface area contributed by atoms with E-state index in [2.05, 4.69) is 23.5 Å². The van der Waals surface area contributed by atoms with Crippen molar-refractivity contribution in [3.63, 3.8) is 0 Å². The molecule has 4 nitrogen and oxygen atoms in total. The van der Waals surface area contributed by atoms with Crippen LogP contribution in [0.2, 0.25) is 0 Å². The average molecular weight is 294 g/mol. The van der Waals surface area contributed by atoms with E-state index in [9.17, 15) is 0 Å². The summed E-state index contributed by atoms with van der Waals surface area (Å²) in [6, 6.07) is 8.68. The molecule has 0 unspecified atom stereocenters. The molecule has 1 aliphatic rings. The maximum Gasteiger partial charge on any atom is 0.298 e. The lowest BCUT2D eigenvalue weighted by Gasteiger charge is -2.40. The molecule has 1 aromatic heterocycles. The summed E-state index contributed by atoms with van der Waals surface area (Å²) in [5.74, 6) is 0. The highest BCUT2D eigenvalue weighted by Crippen LogP contribution is 2.23. The van der Waals surface area contributed by atoms with Gasteiger partial charge in [0.15, 0.2) is 5.58 Å². The molecule has 108 valence electrons. The number of oxazole rings is 1. The largest absolute Gasteiger partial charge is 1.00 e. The van der Waals surface area contributed by atoms with Crippen molar-refractivity contribution in [3.8, 4) is 0 Å². The van der Waals surface area contributed by atoms with Gasteiger partial charge < -0.3 is 26.2 Å². The Kier molecular flexibility index (Phi) is 4.35. The smallest absolute Gasteiger partial charge is 0.298 e. The van der Waals surface area contributed by atoms with Crippen molar-refractivity contribution in [1.29, 1.82) is 0 Å². The molecule has 1 aliphatic heterocycles. The van der Waals surface area contributed by atoms with Gasteiger partial charge in [0.05, 0.1) is 39.8 Å². The maximum atomic E-state index is 5.82. The normalized spacial score (nSPS) is 17.8. The first-order valence-electron chi connectivity index (χ1n) is 6.75. The molecule has 2 aromatic rings. The first-order chi connectivity index (χ1) is 9.20. The zero-order valence-electron chi connectivity index (χ0n) is 11.8. The fourth-order valence-electron chi connectivity index (χ4n) is 2.63. The van der Waals surface area contributed by atoms with Crippen molar-refractivity contribution in [2.45, 2.75) is 0 Å². The molecule has 0 N–H and O–H groups in total. The number of halogens is 1. The van der Waals surface area contributed by atoms with Crippen LogP contribution in [0, 0.1) is 0 Å². The van der Waals surface area contributed by atoms with Crippen LogP contribution in [0.5, 0.6) is 0 Å². The Labute approximate surface area is 125 Å². The van der Waals surface area contributed by atoms with E-state index in [0.717, 1.165) is 54.3 Å². The van der Waals surface area contributed by atoms with Crippen molar-refractivity contribution in [2.24, 2.45) is 0 Å². The van der Waals surface area contributed by atoms with Gasteiger partial charge in [-0.3, -0.25) is 0 Å². The van der Waals surface area contributed by atoms with Gasteiger partial charge in [0.25, 0.3) is 6.01 Å². The molecule has 1 aromatic carbocycles. The van der Waals surface area contributed by atoms with Gasteiger partial charge >= 0.3 is 0 Å².